The molecule has 20 heavy (non-hydrogen) atoms. The van der Waals surface area contributed by atoms with Crippen LogP contribution in [-0.2, 0) is 9.59 Å². The Hall–Kier alpha value is -2.70. The standard InChI is InChI=1S/C13H12N2O5/c1-14-9(12(18)19)7-10(16)15(13(14)20)11(17)8-5-3-2-4-6-8/h2-6,9H,7H2,1H3,(H,18,19). The van der Waals surface area contributed by atoms with Gasteiger partial charge in [-0.15, -0.1) is 0 Å². The van der Waals surface area contributed by atoms with E-state index in [4.69, 9.17) is 5.11 Å². The second-order valence-electron chi connectivity index (χ2n) is 4.35. The van der Waals surface area contributed by atoms with Gasteiger partial charge in [0.1, 0.15) is 6.04 Å². The second-order valence-corrected chi connectivity index (χ2v) is 4.35. The molecule has 4 amide bonds. The van der Waals surface area contributed by atoms with Crippen LogP contribution in [0.5, 0.6) is 0 Å². The predicted octanol–water partition coefficient (Wildman–Crippen LogP) is 0.564. The van der Waals surface area contributed by atoms with Crippen LogP contribution in [0.2, 0.25) is 0 Å². The molecule has 7 heteroatoms. The zero-order valence-corrected chi connectivity index (χ0v) is 10.6. The molecule has 1 saturated heterocycles. The summed E-state index contributed by atoms with van der Waals surface area (Å²) in [6.07, 6.45) is -0.420. The first-order valence-corrected chi connectivity index (χ1v) is 5.85. The number of imide groups is 3. The molecule has 2 rings (SSSR count). The quantitative estimate of drug-likeness (QED) is 0.796. The summed E-state index contributed by atoms with van der Waals surface area (Å²) in [6.45, 7) is 0. The van der Waals surface area contributed by atoms with E-state index in [0.717, 1.165) is 4.90 Å². The summed E-state index contributed by atoms with van der Waals surface area (Å²) >= 11 is 0. The third kappa shape index (κ3) is 2.25. The Labute approximate surface area is 114 Å². The van der Waals surface area contributed by atoms with Crippen LogP contribution in [0.25, 0.3) is 0 Å². The van der Waals surface area contributed by atoms with Crippen LogP contribution in [0.4, 0.5) is 4.79 Å². The van der Waals surface area contributed by atoms with Crippen molar-refractivity contribution in [3.05, 3.63) is 35.9 Å². The van der Waals surface area contributed by atoms with Crippen molar-refractivity contribution < 1.29 is 24.3 Å². The molecule has 1 atom stereocenters. The molecule has 1 unspecified atom stereocenters. The number of carbonyl (C=O) groups is 4. The Morgan fingerprint density at radius 1 is 1.20 bits per heavy atom. The smallest absolute Gasteiger partial charge is 0.334 e. The number of urea groups is 1. The average molecular weight is 276 g/mol. The molecule has 1 aromatic rings. The van der Waals surface area contributed by atoms with Gasteiger partial charge in [0.05, 0.1) is 6.42 Å². The van der Waals surface area contributed by atoms with E-state index < -0.39 is 36.3 Å². The molecule has 0 aliphatic carbocycles. The third-order valence-corrected chi connectivity index (χ3v) is 3.09. The number of benzene rings is 1. The highest BCUT2D eigenvalue weighted by atomic mass is 16.4. The minimum atomic E-state index is -1.28. The minimum absolute atomic E-state index is 0.191. The molecular formula is C13H12N2O5. The lowest BCUT2D eigenvalue weighted by atomic mass is 10.1. The largest absolute Gasteiger partial charge is 0.480 e. The Bertz CT molecular complexity index is 584. The molecule has 1 aliphatic rings. The Morgan fingerprint density at radius 3 is 2.35 bits per heavy atom. The summed E-state index contributed by atoms with van der Waals surface area (Å²) in [6, 6.07) is 5.70. The third-order valence-electron chi connectivity index (χ3n) is 3.09. The van der Waals surface area contributed by atoms with Gasteiger partial charge in [-0.1, -0.05) is 18.2 Å². The highest BCUT2D eigenvalue weighted by Gasteiger charge is 2.43. The zero-order valence-electron chi connectivity index (χ0n) is 10.6. The first-order valence-electron chi connectivity index (χ1n) is 5.85. The monoisotopic (exact) mass is 276 g/mol. The van der Waals surface area contributed by atoms with Crippen molar-refractivity contribution in [3.63, 3.8) is 0 Å². The van der Waals surface area contributed by atoms with Gasteiger partial charge in [0.2, 0.25) is 5.91 Å². The lowest BCUT2D eigenvalue weighted by Crippen LogP contribution is -2.59. The molecule has 0 spiro atoms. The van der Waals surface area contributed by atoms with Gasteiger partial charge in [-0.05, 0) is 12.1 Å². The van der Waals surface area contributed by atoms with Crippen molar-refractivity contribution in [1.82, 2.24) is 9.80 Å². The van der Waals surface area contributed by atoms with Gasteiger partial charge in [0.15, 0.2) is 0 Å². The SMILES string of the molecule is CN1C(=O)N(C(=O)c2ccccc2)C(=O)CC1C(=O)O. The lowest BCUT2D eigenvalue weighted by Gasteiger charge is -2.34. The maximum absolute atomic E-state index is 12.2. The Kier molecular flexibility index (Phi) is 3.51. The summed E-state index contributed by atoms with van der Waals surface area (Å²) in [5.41, 5.74) is 0.191. The Morgan fingerprint density at radius 2 is 1.80 bits per heavy atom. The highest BCUT2D eigenvalue weighted by Crippen LogP contribution is 2.18. The van der Waals surface area contributed by atoms with E-state index in [-0.39, 0.29) is 5.56 Å². The molecule has 7 nitrogen and oxygen atoms in total. The van der Waals surface area contributed by atoms with E-state index >= 15 is 0 Å². The summed E-state index contributed by atoms with van der Waals surface area (Å²) in [5, 5.41) is 8.94. The first-order chi connectivity index (χ1) is 9.43. The van der Waals surface area contributed by atoms with Gasteiger partial charge in [0.25, 0.3) is 5.91 Å². The molecule has 0 bridgehead atoms. The van der Waals surface area contributed by atoms with E-state index in [9.17, 15) is 19.2 Å². The lowest BCUT2D eigenvalue weighted by molar-refractivity contribution is -0.147. The van der Waals surface area contributed by atoms with Crippen molar-refractivity contribution in [1.29, 1.82) is 0 Å². The van der Waals surface area contributed by atoms with Crippen molar-refractivity contribution >= 4 is 23.8 Å². The highest BCUT2D eigenvalue weighted by molar-refractivity contribution is 6.18. The fraction of sp³-hybridized carbons (Fsp3) is 0.231. The maximum atomic E-state index is 12.2. The van der Waals surface area contributed by atoms with E-state index in [0.29, 0.717) is 4.90 Å². The normalized spacial score (nSPS) is 19.1. The molecule has 1 N–H and O–H groups in total. The first kappa shape index (κ1) is 13.7. The molecule has 0 aromatic heterocycles. The fourth-order valence-corrected chi connectivity index (χ4v) is 1.95. The maximum Gasteiger partial charge on any atom is 0.334 e. The van der Waals surface area contributed by atoms with Crippen molar-refractivity contribution in [3.8, 4) is 0 Å². The molecular weight excluding hydrogens is 264 g/mol. The number of hydrogen-bond acceptors (Lipinski definition) is 4. The van der Waals surface area contributed by atoms with Crippen LogP contribution in [0.1, 0.15) is 16.8 Å². The van der Waals surface area contributed by atoms with Crippen molar-refractivity contribution in [2.45, 2.75) is 12.5 Å². The number of nitrogens with zero attached hydrogens (tertiary/aromatic N) is 2. The van der Waals surface area contributed by atoms with Crippen LogP contribution in [-0.4, -0.2) is 51.8 Å². The topological polar surface area (TPSA) is 95.0 Å². The molecule has 1 heterocycles. The zero-order chi connectivity index (χ0) is 14.9. The number of carboxylic acids is 1. The van der Waals surface area contributed by atoms with E-state index in [1.807, 2.05) is 0 Å². The van der Waals surface area contributed by atoms with Gasteiger partial charge < -0.3 is 10.0 Å². The van der Waals surface area contributed by atoms with Crippen LogP contribution in [0.15, 0.2) is 30.3 Å². The van der Waals surface area contributed by atoms with Gasteiger partial charge >= 0.3 is 12.0 Å². The molecule has 1 fully saturated rings. The summed E-state index contributed by atoms with van der Waals surface area (Å²) in [5.74, 6) is -2.84. The Balaban J connectivity index is 2.30. The summed E-state index contributed by atoms with van der Waals surface area (Å²) in [4.78, 5) is 48.4. The van der Waals surface area contributed by atoms with Crippen LogP contribution < -0.4 is 0 Å². The number of rotatable bonds is 2. The number of likely N-dealkylation sites (N-methyl/N-ethyl adjacent to an activating group) is 1. The molecule has 104 valence electrons. The van der Waals surface area contributed by atoms with E-state index in [1.54, 1.807) is 18.2 Å². The number of amides is 4. The molecule has 1 aliphatic heterocycles. The van der Waals surface area contributed by atoms with E-state index in [2.05, 4.69) is 0 Å². The van der Waals surface area contributed by atoms with Crippen molar-refractivity contribution in [2.75, 3.05) is 7.05 Å². The van der Waals surface area contributed by atoms with Gasteiger partial charge in [-0.2, -0.15) is 4.90 Å². The summed E-state index contributed by atoms with van der Waals surface area (Å²) < 4.78 is 0. The minimum Gasteiger partial charge on any atom is -0.480 e. The van der Waals surface area contributed by atoms with Gasteiger partial charge in [0, 0.05) is 12.6 Å². The summed E-state index contributed by atoms with van der Waals surface area (Å²) in [7, 11) is 1.25. The van der Waals surface area contributed by atoms with Crippen molar-refractivity contribution in [2.24, 2.45) is 0 Å². The molecule has 1 aromatic carbocycles. The van der Waals surface area contributed by atoms with Crippen LogP contribution >= 0.6 is 0 Å². The number of hydrogen-bond donors (Lipinski definition) is 1. The van der Waals surface area contributed by atoms with Crippen LogP contribution in [0, 0.1) is 0 Å². The van der Waals surface area contributed by atoms with Crippen LogP contribution in [0.3, 0.4) is 0 Å². The second kappa shape index (κ2) is 5.12. The molecule has 0 saturated carbocycles. The number of carboxylic acid groups (broad SMARTS) is 1. The molecule has 0 radical (unpaired) electrons. The van der Waals surface area contributed by atoms with E-state index in [1.165, 1.54) is 19.2 Å². The van der Waals surface area contributed by atoms with Gasteiger partial charge in [-0.25, -0.2) is 9.59 Å². The predicted molar refractivity (Wildman–Crippen MR) is 66.8 cm³/mol. The number of carbonyl (C=O) groups excluding carboxylic acids is 3. The van der Waals surface area contributed by atoms with Gasteiger partial charge in [-0.3, -0.25) is 9.59 Å². The average Bonchev–Trinajstić information content (AvgIpc) is 2.43. The fourth-order valence-electron chi connectivity index (χ4n) is 1.95. The number of aliphatic carboxylic acids is 1.